The quantitative estimate of drug-likeness (QED) is 0.709. The van der Waals surface area contributed by atoms with Crippen molar-refractivity contribution in [3.8, 4) is 6.07 Å². The summed E-state index contributed by atoms with van der Waals surface area (Å²) in [7, 11) is -1.85. The van der Waals surface area contributed by atoms with Gasteiger partial charge in [0.25, 0.3) is 5.91 Å². The summed E-state index contributed by atoms with van der Waals surface area (Å²) in [6, 6.07) is 16.2. The van der Waals surface area contributed by atoms with Crippen LogP contribution in [0.25, 0.3) is 10.1 Å². The molecule has 1 heterocycles. The first-order valence-corrected chi connectivity index (χ1v) is 10.7. The van der Waals surface area contributed by atoms with Crippen LogP contribution in [0, 0.1) is 11.3 Å². The Bertz CT molecular complexity index is 1140. The summed E-state index contributed by atoms with van der Waals surface area (Å²) in [4.78, 5) is 13.0. The topological polar surface area (TPSA) is 90.3 Å². The summed E-state index contributed by atoms with van der Waals surface area (Å²) in [6.45, 7) is 0. The maximum Gasteiger partial charge on any atom is 0.265 e. The highest BCUT2D eigenvalue weighted by Crippen LogP contribution is 2.30. The van der Waals surface area contributed by atoms with Gasteiger partial charge < -0.3 is 5.32 Å². The largest absolute Gasteiger partial charge is 0.321 e. The molecular formula is C19H17N3O3S2. The molecule has 0 unspecified atom stereocenters. The van der Waals surface area contributed by atoms with Crippen molar-refractivity contribution >= 4 is 48.7 Å². The number of hydrogen-bond acceptors (Lipinski definition) is 5. The molecule has 0 atom stereocenters. The van der Waals surface area contributed by atoms with Crippen LogP contribution in [0.2, 0.25) is 0 Å². The van der Waals surface area contributed by atoms with E-state index in [9.17, 15) is 13.2 Å². The number of hydrogen-bond donors (Lipinski definition) is 1. The molecular weight excluding hydrogens is 382 g/mol. The number of thiophene rings is 1. The zero-order valence-corrected chi connectivity index (χ0v) is 16.4. The average molecular weight is 399 g/mol. The fourth-order valence-corrected chi connectivity index (χ4v) is 3.95. The van der Waals surface area contributed by atoms with E-state index < -0.39 is 10.0 Å². The molecule has 0 aliphatic rings. The smallest absolute Gasteiger partial charge is 0.265 e. The minimum atomic E-state index is -3.35. The molecule has 27 heavy (non-hydrogen) atoms. The number of nitrogens with one attached hydrogen (secondary N) is 1. The molecule has 1 aromatic heterocycles. The Morgan fingerprint density at radius 1 is 1.19 bits per heavy atom. The molecule has 6 nitrogen and oxygen atoms in total. The third-order valence-corrected chi connectivity index (χ3v) is 6.40. The summed E-state index contributed by atoms with van der Waals surface area (Å²) >= 11 is 1.34. The fourth-order valence-electron chi connectivity index (χ4n) is 2.52. The summed E-state index contributed by atoms with van der Waals surface area (Å²) in [5.41, 5.74) is 2.08. The van der Waals surface area contributed by atoms with Crippen LogP contribution in [-0.2, 0) is 16.4 Å². The van der Waals surface area contributed by atoms with E-state index in [2.05, 4.69) is 11.4 Å². The van der Waals surface area contributed by atoms with Gasteiger partial charge in [-0.15, -0.1) is 11.3 Å². The van der Waals surface area contributed by atoms with Crippen molar-refractivity contribution in [1.82, 2.24) is 0 Å². The lowest BCUT2D eigenvalue weighted by Gasteiger charge is -2.16. The van der Waals surface area contributed by atoms with Gasteiger partial charge in [-0.1, -0.05) is 12.1 Å². The van der Waals surface area contributed by atoms with Gasteiger partial charge in [0.15, 0.2) is 0 Å². The van der Waals surface area contributed by atoms with Crippen molar-refractivity contribution in [3.63, 3.8) is 0 Å². The molecule has 3 rings (SSSR count). The van der Waals surface area contributed by atoms with Gasteiger partial charge in [0.2, 0.25) is 10.0 Å². The summed E-state index contributed by atoms with van der Waals surface area (Å²) in [5, 5.41) is 12.3. The summed E-state index contributed by atoms with van der Waals surface area (Å²) in [6.07, 6.45) is 1.47. The van der Waals surface area contributed by atoms with Gasteiger partial charge >= 0.3 is 0 Å². The van der Waals surface area contributed by atoms with Crippen LogP contribution in [-0.4, -0.2) is 27.6 Å². The van der Waals surface area contributed by atoms with E-state index in [0.717, 1.165) is 21.9 Å². The number of nitrogens with zero attached hydrogens (tertiary/aromatic N) is 2. The van der Waals surface area contributed by atoms with E-state index in [1.54, 1.807) is 42.5 Å². The molecule has 1 N–H and O–H groups in total. The maximum absolute atomic E-state index is 12.5. The number of carbonyl (C=O) groups is 1. The first-order valence-electron chi connectivity index (χ1n) is 8.02. The Balaban J connectivity index is 1.82. The van der Waals surface area contributed by atoms with Crippen molar-refractivity contribution in [2.24, 2.45) is 0 Å². The second-order valence-corrected chi connectivity index (χ2v) is 9.15. The van der Waals surface area contributed by atoms with E-state index in [1.807, 2.05) is 6.07 Å². The SMILES string of the molecule is CN(c1ccc2sc(C(=O)Nc3ccc(CC#N)cc3)cc2c1)S(C)(=O)=O. The van der Waals surface area contributed by atoms with Crippen molar-refractivity contribution in [2.45, 2.75) is 6.42 Å². The molecule has 0 aliphatic heterocycles. The Hall–Kier alpha value is -2.89. The molecule has 0 radical (unpaired) electrons. The standard InChI is InChI=1S/C19H17N3O3S2/c1-22(27(2,24)25)16-7-8-17-14(11-16)12-18(26-17)19(23)21-15-5-3-13(4-6-15)9-10-20/h3-8,11-12H,9H2,1-2H3,(H,21,23). The number of amides is 1. The first kappa shape index (κ1) is 18.9. The number of rotatable bonds is 5. The van der Waals surface area contributed by atoms with Crippen LogP contribution in [0.15, 0.2) is 48.5 Å². The van der Waals surface area contributed by atoms with E-state index in [4.69, 9.17) is 5.26 Å². The summed E-state index contributed by atoms with van der Waals surface area (Å²) in [5.74, 6) is -0.234. The normalized spacial score (nSPS) is 11.1. The number of nitriles is 1. The Morgan fingerprint density at radius 3 is 2.52 bits per heavy atom. The van der Waals surface area contributed by atoms with E-state index in [-0.39, 0.29) is 5.91 Å². The number of fused-ring (bicyclic) bond motifs is 1. The van der Waals surface area contributed by atoms with Crippen molar-refractivity contribution in [2.75, 3.05) is 22.9 Å². The predicted molar refractivity (Wildman–Crippen MR) is 109 cm³/mol. The predicted octanol–water partition coefficient (Wildman–Crippen LogP) is 3.62. The maximum atomic E-state index is 12.5. The lowest BCUT2D eigenvalue weighted by Crippen LogP contribution is -2.24. The molecule has 2 aromatic carbocycles. The molecule has 0 aliphatic carbocycles. The first-order chi connectivity index (χ1) is 12.8. The third-order valence-electron chi connectivity index (χ3n) is 4.08. The third kappa shape index (κ3) is 4.27. The number of sulfonamides is 1. The molecule has 8 heteroatoms. The van der Waals surface area contributed by atoms with E-state index in [1.165, 1.54) is 22.7 Å². The number of carbonyl (C=O) groups excluding carboxylic acids is 1. The van der Waals surface area contributed by atoms with Gasteiger partial charge in [-0.05, 0) is 47.3 Å². The lowest BCUT2D eigenvalue weighted by atomic mass is 10.1. The molecule has 0 fully saturated rings. The second-order valence-electron chi connectivity index (χ2n) is 6.05. The van der Waals surface area contributed by atoms with Crippen LogP contribution in [0.5, 0.6) is 0 Å². The van der Waals surface area contributed by atoms with E-state index in [0.29, 0.717) is 22.7 Å². The van der Waals surface area contributed by atoms with Crippen molar-refractivity contribution in [1.29, 1.82) is 5.26 Å². The van der Waals surface area contributed by atoms with E-state index >= 15 is 0 Å². The molecule has 0 bridgehead atoms. The zero-order valence-electron chi connectivity index (χ0n) is 14.8. The Kier molecular flexibility index (Phi) is 5.17. The monoisotopic (exact) mass is 399 g/mol. The summed E-state index contributed by atoms with van der Waals surface area (Å²) < 4.78 is 25.5. The van der Waals surface area contributed by atoms with Crippen molar-refractivity contribution in [3.05, 3.63) is 59.0 Å². The van der Waals surface area contributed by atoms with Crippen molar-refractivity contribution < 1.29 is 13.2 Å². The molecule has 138 valence electrons. The number of benzene rings is 2. The number of anilines is 2. The van der Waals surface area contributed by atoms with Crippen LogP contribution < -0.4 is 9.62 Å². The van der Waals surface area contributed by atoms with Gasteiger partial charge in [0, 0.05) is 17.4 Å². The second kappa shape index (κ2) is 7.39. The highest BCUT2D eigenvalue weighted by atomic mass is 32.2. The minimum absolute atomic E-state index is 0.234. The van der Waals surface area contributed by atoms with Gasteiger partial charge in [-0.3, -0.25) is 9.10 Å². The fraction of sp³-hybridized carbons (Fsp3) is 0.158. The average Bonchev–Trinajstić information content (AvgIpc) is 3.05. The van der Waals surface area contributed by atoms with Crippen LogP contribution in [0.3, 0.4) is 0 Å². The van der Waals surface area contributed by atoms with Crippen LogP contribution >= 0.6 is 11.3 Å². The highest BCUT2D eigenvalue weighted by Gasteiger charge is 2.15. The molecule has 0 saturated carbocycles. The highest BCUT2D eigenvalue weighted by molar-refractivity contribution is 7.92. The Labute approximate surface area is 161 Å². The Morgan fingerprint density at radius 2 is 1.89 bits per heavy atom. The minimum Gasteiger partial charge on any atom is -0.321 e. The van der Waals surface area contributed by atoms with Crippen LogP contribution in [0.4, 0.5) is 11.4 Å². The zero-order chi connectivity index (χ0) is 19.6. The molecule has 0 spiro atoms. The van der Waals surface area contributed by atoms with Gasteiger partial charge in [0.05, 0.1) is 29.3 Å². The molecule has 0 saturated heterocycles. The molecule has 1 amide bonds. The van der Waals surface area contributed by atoms with Gasteiger partial charge in [0.1, 0.15) is 0 Å². The van der Waals surface area contributed by atoms with Gasteiger partial charge in [-0.25, -0.2) is 8.42 Å². The van der Waals surface area contributed by atoms with Crippen LogP contribution in [0.1, 0.15) is 15.2 Å². The molecule has 3 aromatic rings. The lowest BCUT2D eigenvalue weighted by molar-refractivity contribution is 0.103. The van der Waals surface area contributed by atoms with Gasteiger partial charge in [-0.2, -0.15) is 5.26 Å².